The monoisotopic (exact) mass is 448 g/mol. The molecule has 1 aromatic heterocycles. The summed E-state index contributed by atoms with van der Waals surface area (Å²) in [6.45, 7) is 3.76. The number of para-hydroxylation sites is 1. The van der Waals surface area contributed by atoms with E-state index in [-0.39, 0.29) is 5.56 Å². The molecule has 0 fully saturated rings. The van der Waals surface area contributed by atoms with E-state index in [1.165, 1.54) is 5.56 Å². The second kappa shape index (κ2) is 10.4. The molecule has 0 aliphatic rings. The van der Waals surface area contributed by atoms with Gasteiger partial charge in [0.15, 0.2) is 0 Å². The van der Waals surface area contributed by atoms with Crippen molar-refractivity contribution in [2.24, 2.45) is 0 Å². The average molecular weight is 449 g/mol. The lowest BCUT2D eigenvalue weighted by Crippen LogP contribution is -2.26. The van der Waals surface area contributed by atoms with Crippen molar-refractivity contribution in [2.45, 2.75) is 19.9 Å². The van der Waals surface area contributed by atoms with Crippen molar-refractivity contribution in [3.63, 3.8) is 0 Å². The first-order valence-corrected chi connectivity index (χ1v) is 11.1. The van der Waals surface area contributed by atoms with E-state index in [1.54, 1.807) is 22.8 Å². The number of aryl methyl sites for hydroxylation is 1. The third-order valence-corrected chi connectivity index (χ3v) is 5.50. The molecule has 0 saturated carbocycles. The van der Waals surface area contributed by atoms with Crippen LogP contribution in [0, 0.1) is 0 Å². The molecule has 0 atom stereocenters. The Morgan fingerprint density at radius 1 is 0.906 bits per heavy atom. The first-order chi connectivity index (χ1) is 15.7. The van der Waals surface area contributed by atoms with Gasteiger partial charge in [-0.05, 0) is 60.5 Å². The molecule has 164 valence electrons. The number of fused-ring (bicyclic) bond motifs is 1. The molecule has 0 saturated heterocycles. The maximum Gasteiger partial charge on any atom is 0.261 e. The predicted octanol–water partition coefficient (Wildman–Crippen LogP) is 5.37. The molecule has 0 radical (unpaired) electrons. The number of hydrogen-bond acceptors (Lipinski definition) is 4. The lowest BCUT2D eigenvalue weighted by atomic mass is 10.2. The largest absolute Gasteiger partial charge is 0.491 e. The van der Waals surface area contributed by atoms with Gasteiger partial charge in [0.1, 0.15) is 18.2 Å². The fraction of sp³-hybridized carbons (Fsp3) is 0.231. The number of halogens is 1. The van der Waals surface area contributed by atoms with Gasteiger partial charge >= 0.3 is 0 Å². The molecule has 0 spiro atoms. The van der Waals surface area contributed by atoms with E-state index < -0.39 is 0 Å². The Morgan fingerprint density at radius 2 is 1.66 bits per heavy atom. The van der Waals surface area contributed by atoms with Gasteiger partial charge in [-0.1, -0.05) is 42.8 Å². The van der Waals surface area contributed by atoms with Gasteiger partial charge in [-0.3, -0.25) is 9.36 Å². The number of nitrogens with zero attached hydrogens (tertiary/aromatic N) is 2. The fourth-order valence-corrected chi connectivity index (χ4v) is 3.62. The minimum absolute atomic E-state index is 0.0867. The zero-order chi connectivity index (χ0) is 22.3. The summed E-state index contributed by atoms with van der Waals surface area (Å²) < 4.78 is 13.1. The molecule has 0 N–H and O–H groups in total. The fourth-order valence-electron chi connectivity index (χ4n) is 3.49. The van der Waals surface area contributed by atoms with Gasteiger partial charge in [0.25, 0.3) is 5.56 Å². The minimum atomic E-state index is -0.0867. The maximum atomic E-state index is 13.2. The molecule has 4 aromatic rings. The van der Waals surface area contributed by atoms with E-state index in [9.17, 15) is 4.79 Å². The average Bonchev–Trinajstić information content (AvgIpc) is 2.83. The highest BCUT2D eigenvalue weighted by molar-refractivity contribution is 6.30. The second-order valence-electron chi connectivity index (χ2n) is 7.37. The first kappa shape index (κ1) is 22.1. The van der Waals surface area contributed by atoms with Gasteiger partial charge in [0, 0.05) is 10.6 Å². The number of hydrogen-bond donors (Lipinski definition) is 0. The van der Waals surface area contributed by atoms with E-state index in [2.05, 4.69) is 19.1 Å². The van der Waals surface area contributed by atoms with E-state index in [4.69, 9.17) is 26.1 Å². The van der Waals surface area contributed by atoms with Gasteiger partial charge in [-0.2, -0.15) is 0 Å². The van der Waals surface area contributed by atoms with E-state index in [1.807, 2.05) is 42.5 Å². The molecule has 5 nitrogen and oxygen atoms in total. The van der Waals surface area contributed by atoms with Crippen LogP contribution in [0.15, 0.2) is 77.6 Å². The summed E-state index contributed by atoms with van der Waals surface area (Å²) >= 11 is 6.04. The van der Waals surface area contributed by atoms with Crippen LogP contribution < -0.4 is 10.3 Å². The molecule has 0 unspecified atom stereocenters. The van der Waals surface area contributed by atoms with Gasteiger partial charge in [-0.15, -0.1) is 0 Å². The Bertz CT molecular complexity index is 1230. The molecular formula is C26H25ClN2O3. The minimum Gasteiger partial charge on any atom is -0.491 e. The SMILES string of the molecule is CCc1ccc(OCCOCCn2c(-c3ccc(Cl)cc3)nc3ccccc3c2=O)cc1. The van der Waals surface area contributed by atoms with Crippen LogP contribution in [0.3, 0.4) is 0 Å². The van der Waals surface area contributed by atoms with Gasteiger partial charge in [0.2, 0.25) is 0 Å². The Labute approximate surface area is 192 Å². The molecule has 0 aliphatic heterocycles. The van der Waals surface area contributed by atoms with E-state index in [0.29, 0.717) is 48.1 Å². The zero-order valence-corrected chi connectivity index (χ0v) is 18.7. The second-order valence-corrected chi connectivity index (χ2v) is 7.81. The van der Waals surface area contributed by atoms with Gasteiger partial charge in [-0.25, -0.2) is 4.98 Å². The summed E-state index contributed by atoms with van der Waals surface area (Å²) in [7, 11) is 0. The number of rotatable bonds is 9. The number of ether oxygens (including phenoxy) is 2. The smallest absolute Gasteiger partial charge is 0.261 e. The summed E-state index contributed by atoms with van der Waals surface area (Å²) in [5.41, 5.74) is 2.69. The highest BCUT2D eigenvalue weighted by Crippen LogP contribution is 2.21. The van der Waals surface area contributed by atoms with Crippen molar-refractivity contribution in [2.75, 3.05) is 19.8 Å². The molecule has 32 heavy (non-hydrogen) atoms. The van der Waals surface area contributed by atoms with Crippen molar-refractivity contribution in [1.29, 1.82) is 0 Å². The van der Waals surface area contributed by atoms with Crippen LogP contribution in [0.4, 0.5) is 0 Å². The van der Waals surface area contributed by atoms with Crippen LogP contribution in [-0.2, 0) is 17.7 Å². The Morgan fingerprint density at radius 3 is 2.41 bits per heavy atom. The highest BCUT2D eigenvalue weighted by Gasteiger charge is 2.12. The standard InChI is InChI=1S/C26H25ClN2O3/c1-2-19-7-13-22(14-8-19)32-18-17-31-16-15-29-25(20-9-11-21(27)12-10-20)28-24-6-4-3-5-23(24)26(29)30/h3-14H,2,15-18H2,1H3. The molecule has 6 heteroatoms. The van der Waals surface area contributed by atoms with Crippen molar-refractivity contribution in [3.05, 3.63) is 93.7 Å². The molecule has 3 aromatic carbocycles. The van der Waals surface area contributed by atoms with Crippen molar-refractivity contribution >= 4 is 22.5 Å². The number of aromatic nitrogens is 2. The summed E-state index contributed by atoms with van der Waals surface area (Å²) in [6.07, 6.45) is 1.00. The molecule has 0 aliphatic carbocycles. The van der Waals surface area contributed by atoms with Crippen LogP contribution in [-0.4, -0.2) is 29.4 Å². The van der Waals surface area contributed by atoms with Gasteiger partial charge in [0.05, 0.1) is 30.7 Å². The van der Waals surface area contributed by atoms with Gasteiger partial charge < -0.3 is 9.47 Å². The van der Waals surface area contributed by atoms with Crippen molar-refractivity contribution < 1.29 is 9.47 Å². The van der Waals surface area contributed by atoms with Crippen molar-refractivity contribution in [1.82, 2.24) is 9.55 Å². The molecule has 1 heterocycles. The Hall–Kier alpha value is -3.15. The van der Waals surface area contributed by atoms with Crippen molar-refractivity contribution in [3.8, 4) is 17.1 Å². The molecule has 0 bridgehead atoms. The third kappa shape index (κ3) is 5.18. The quantitative estimate of drug-likeness (QED) is 0.323. The predicted molar refractivity (Wildman–Crippen MR) is 129 cm³/mol. The number of benzene rings is 3. The van der Waals surface area contributed by atoms with Crippen LogP contribution in [0.1, 0.15) is 12.5 Å². The summed E-state index contributed by atoms with van der Waals surface area (Å²) in [5.74, 6) is 1.42. The zero-order valence-electron chi connectivity index (χ0n) is 18.0. The summed E-state index contributed by atoms with van der Waals surface area (Å²) in [6, 6.07) is 22.8. The third-order valence-electron chi connectivity index (χ3n) is 5.25. The highest BCUT2D eigenvalue weighted by atomic mass is 35.5. The summed E-state index contributed by atoms with van der Waals surface area (Å²) in [4.78, 5) is 17.9. The molecular weight excluding hydrogens is 424 g/mol. The maximum absolute atomic E-state index is 13.2. The molecule has 4 rings (SSSR count). The van der Waals surface area contributed by atoms with Crippen LogP contribution in [0.25, 0.3) is 22.3 Å². The first-order valence-electron chi connectivity index (χ1n) is 10.7. The normalized spacial score (nSPS) is 11.1. The topological polar surface area (TPSA) is 53.4 Å². The lowest BCUT2D eigenvalue weighted by Gasteiger charge is -2.14. The lowest BCUT2D eigenvalue weighted by molar-refractivity contribution is 0.0940. The Balaban J connectivity index is 1.43. The Kier molecular flexibility index (Phi) is 7.20. The van der Waals surface area contributed by atoms with Crippen LogP contribution in [0.2, 0.25) is 5.02 Å². The van der Waals surface area contributed by atoms with E-state index in [0.717, 1.165) is 17.7 Å². The van der Waals surface area contributed by atoms with Crippen LogP contribution >= 0.6 is 11.6 Å². The van der Waals surface area contributed by atoms with E-state index >= 15 is 0 Å². The summed E-state index contributed by atoms with van der Waals surface area (Å²) in [5, 5.41) is 1.22. The van der Waals surface area contributed by atoms with Crippen LogP contribution in [0.5, 0.6) is 5.75 Å². The molecule has 0 amide bonds.